The summed E-state index contributed by atoms with van der Waals surface area (Å²) in [4.78, 5) is 47.0. The highest BCUT2D eigenvalue weighted by atomic mass is 32.1. The second-order valence-electron chi connectivity index (χ2n) is 12.4. The van der Waals surface area contributed by atoms with Crippen LogP contribution in [0.2, 0.25) is 0 Å². The molecule has 46 heavy (non-hydrogen) atoms. The zero-order chi connectivity index (χ0) is 32.5. The van der Waals surface area contributed by atoms with Gasteiger partial charge in [0.25, 0.3) is 17.2 Å². The van der Waals surface area contributed by atoms with Crippen LogP contribution < -0.4 is 25.1 Å². The molecular formula is C36H37N5O4S. The quantitative estimate of drug-likeness (QED) is 0.194. The number of para-hydroxylation sites is 1. The number of thiazole rings is 1. The Labute approximate surface area is 271 Å². The van der Waals surface area contributed by atoms with Crippen molar-refractivity contribution < 1.29 is 9.72 Å². The molecule has 0 aliphatic carbocycles. The maximum absolute atomic E-state index is 14.3. The van der Waals surface area contributed by atoms with Crippen LogP contribution in [0.3, 0.4) is 0 Å². The van der Waals surface area contributed by atoms with Gasteiger partial charge in [-0.15, -0.1) is 0 Å². The van der Waals surface area contributed by atoms with E-state index in [-0.39, 0.29) is 17.2 Å². The van der Waals surface area contributed by atoms with E-state index in [1.807, 2.05) is 54.6 Å². The van der Waals surface area contributed by atoms with E-state index >= 15 is 0 Å². The summed E-state index contributed by atoms with van der Waals surface area (Å²) >= 11 is 1.23. The van der Waals surface area contributed by atoms with Gasteiger partial charge in [0.15, 0.2) is 4.80 Å². The van der Waals surface area contributed by atoms with Crippen molar-refractivity contribution in [3.63, 3.8) is 0 Å². The first-order valence-corrected chi connectivity index (χ1v) is 16.4. The number of carbonyl (C=O) groups excluding carboxylic acids is 1. The summed E-state index contributed by atoms with van der Waals surface area (Å²) in [6.07, 6.45) is 3.80. The predicted molar refractivity (Wildman–Crippen MR) is 183 cm³/mol. The summed E-state index contributed by atoms with van der Waals surface area (Å²) in [5.41, 5.74) is 4.64. The Bertz CT molecular complexity index is 2000. The molecule has 1 aromatic heterocycles. The molecule has 10 heteroatoms. The number of benzene rings is 3. The Kier molecular flexibility index (Phi) is 8.73. The molecule has 3 heterocycles. The molecule has 1 N–H and O–H groups in total. The molecule has 236 valence electrons. The Morgan fingerprint density at radius 1 is 1.07 bits per heavy atom. The average Bonchev–Trinajstić information content (AvgIpc) is 3.34. The van der Waals surface area contributed by atoms with Crippen LogP contribution in [-0.2, 0) is 4.79 Å². The molecule has 1 amide bonds. The molecule has 2 aliphatic rings. The number of nitro groups is 1. The topological polar surface area (TPSA) is 110 Å². The number of hydrogen-bond donors (Lipinski definition) is 1. The predicted octanol–water partition coefficient (Wildman–Crippen LogP) is 6.14. The Balaban J connectivity index is 1.50. The lowest BCUT2D eigenvalue weighted by molar-refractivity contribution is -0.384. The number of non-ortho nitro benzene ring substituents is 1. The van der Waals surface area contributed by atoms with Gasteiger partial charge in [-0.2, -0.15) is 0 Å². The first kappa shape index (κ1) is 31.2. The summed E-state index contributed by atoms with van der Waals surface area (Å²) in [5, 5.41) is 14.7. The highest BCUT2D eigenvalue weighted by molar-refractivity contribution is 7.07. The number of allylic oxidation sites excluding steroid dienone is 1. The van der Waals surface area contributed by atoms with Crippen molar-refractivity contribution in [3.8, 4) is 0 Å². The van der Waals surface area contributed by atoms with Crippen LogP contribution in [0.5, 0.6) is 0 Å². The molecule has 6 rings (SSSR count). The number of rotatable bonds is 7. The highest BCUT2D eigenvalue weighted by Crippen LogP contribution is 2.33. The molecule has 0 bridgehead atoms. The Morgan fingerprint density at radius 3 is 2.41 bits per heavy atom. The fourth-order valence-corrected chi connectivity index (χ4v) is 7.20. The molecule has 0 spiro atoms. The first-order chi connectivity index (χ1) is 22.1. The molecule has 0 radical (unpaired) electrons. The van der Waals surface area contributed by atoms with Gasteiger partial charge in [0.2, 0.25) is 0 Å². The Morgan fingerprint density at radius 2 is 1.76 bits per heavy atom. The van der Waals surface area contributed by atoms with Gasteiger partial charge in [-0.3, -0.25) is 24.3 Å². The number of piperidine rings is 1. The molecule has 1 atom stereocenters. The maximum atomic E-state index is 14.3. The summed E-state index contributed by atoms with van der Waals surface area (Å²) in [6.45, 7) is 9.95. The number of amides is 1. The second-order valence-corrected chi connectivity index (χ2v) is 13.4. The van der Waals surface area contributed by atoms with Crippen LogP contribution in [0.15, 0.2) is 93.9 Å². The van der Waals surface area contributed by atoms with E-state index in [2.05, 4.69) is 31.0 Å². The van der Waals surface area contributed by atoms with E-state index in [9.17, 15) is 19.7 Å². The van der Waals surface area contributed by atoms with Crippen LogP contribution in [0, 0.1) is 16.0 Å². The van der Waals surface area contributed by atoms with Crippen molar-refractivity contribution in [1.82, 2.24) is 4.57 Å². The molecule has 4 aromatic rings. The lowest BCUT2D eigenvalue weighted by Gasteiger charge is -2.33. The number of nitrogens with zero attached hydrogens (tertiary/aromatic N) is 4. The summed E-state index contributed by atoms with van der Waals surface area (Å²) < 4.78 is 1.99. The van der Waals surface area contributed by atoms with E-state index in [1.54, 1.807) is 23.6 Å². The number of hydrogen-bond acceptors (Lipinski definition) is 7. The standard InChI is InChI=1S/C36H37N5O4S/c1-22(2)25-10-12-26(13-11-25)33-32(34(42)38-28-8-6-5-7-9-28)24(4)37-36-40(33)35(43)31(46-36)21-27-20-29(41(44)45)14-15-30(27)39-18-16-23(3)17-19-39/h5-15,20-23,33H,16-19H2,1-4H3,(H,38,42)/b31-21+/t33-/m0/s1. The zero-order valence-electron chi connectivity index (χ0n) is 26.4. The normalized spacial score (nSPS) is 17.2. The molecule has 0 unspecified atom stereocenters. The van der Waals surface area contributed by atoms with E-state index in [4.69, 9.17) is 4.99 Å². The minimum atomic E-state index is -0.712. The van der Waals surface area contributed by atoms with Crippen molar-refractivity contribution in [2.24, 2.45) is 10.9 Å². The van der Waals surface area contributed by atoms with Gasteiger partial charge in [-0.05, 0) is 67.0 Å². The van der Waals surface area contributed by atoms with Crippen molar-refractivity contribution >= 4 is 40.4 Å². The fraction of sp³-hybridized carbons (Fsp3) is 0.306. The lowest BCUT2D eigenvalue weighted by Crippen LogP contribution is -2.40. The fourth-order valence-electron chi connectivity index (χ4n) is 6.16. The third kappa shape index (κ3) is 6.17. The van der Waals surface area contributed by atoms with Gasteiger partial charge < -0.3 is 10.2 Å². The third-order valence-corrected chi connectivity index (χ3v) is 9.83. The van der Waals surface area contributed by atoms with Crippen LogP contribution in [-0.4, -0.2) is 28.5 Å². The van der Waals surface area contributed by atoms with E-state index in [0.717, 1.165) is 42.7 Å². The summed E-state index contributed by atoms with van der Waals surface area (Å²) in [6, 6.07) is 21.4. The molecule has 0 saturated carbocycles. The van der Waals surface area contributed by atoms with Crippen molar-refractivity contribution in [2.45, 2.75) is 52.5 Å². The third-order valence-electron chi connectivity index (χ3n) is 8.85. The number of carbonyl (C=O) groups is 1. The summed E-state index contributed by atoms with van der Waals surface area (Å²) in [7, 11) is 0. The van der Waals surface area contributed by atoms with Crippen LogP contribution in [0.1, 0.15) is 69.2 Å². The van der Waals surface area contributed by atoms with E-state index in [1.165, 1.54) is 23.5 Å². The van der Waals surface area contributed by atoms with Crippen molar-refractivity contribution in [2.75, 3.05) is 23.3 Å². The minimum Gasteiger partial charge on any atom is -0.371 e. The minimum absolute atomic E-state index is 0.0352. The second kappa shape index (κ2) is 12.9. The summed E-state index contributed by atoms with van der Waals surface area (Å²) in [5.74, 6) is 0.605. The van der Waals surface area contributed by atoms with E-state index < -0.39 is 11.0 Å². The molecule has 1 saturated heterocycles. The smallest absolute Gasteiger partial charge is 0.271 e. The number of fused-ring (bicyclic) bond motifs is 1. The number of nitrogens with one attached hydrogen (secondary N) is 1. The van der Waals surface area contributed by atoms with Crippen molar-refractivity contribution in [3.05, 3.63) is 131 Å². The first-order valence-electron chi connectivity index (χ1n) is 15.6. The molecule has 1 fully saturated rings. The van der Waals surface area contributed by atoms with Gasteiger partial charge in [-0.1, -0.05) is 74.6 Å². The number of aromatic nitrogens is 1. The van der Waals surface area contributed by atoms with Crippen molar-refractivity contribution in [1.29, 1.82) is 0 Å². The van der Waals surface area contributed by atoms with Gasteiger partial charge in [0.05, 0.1) is 26.8 Å². The molecule has 2 aliphatic heterocycles. The Hall–Kier alpha value is -4.83. The molecular weight excluding hydrogens is 598 g/mol. The monoisotopic (exact) mass is 635 g/mol. The number of anilines is 2. The lowest BCUT2D eigenvalue weighted by atomic mass is 9.93. The van der Waals surface area contributed by atoms with Crippen LogP contribution in [0.25, 0.3) is 6.08 Å². The molecule has 3 aromatic carbocycles. The largest absolute Gasteiger partial charge is 0.371 e. The maximum Gasteiger partial charge on any atom is 0.271 e. The van der Waals surface area contributed by atoms with Gasteiger partial charge in [0.1, 0.15) is 0 Å². The number of nitro benzene ring substituents is 1. The van der Waals surface area contributed by atoms with Gasteiger partial charge in [0, 0.05) is 42.2 Å². The highest BCUT2D eigenvalue weighted by Gasteiger charge is 2.33. The average molecular weight is 636 g/mol. The van der Waals surface area contributed by atoms with Gasteiger partial charge in [-0.25, -0.2) is 4.99 Å². The SMILES string of the molecule is CC1=C(C(=O)Nc2ccccc2)[C@H](c2ccc(C(C)C)cc2)n2c(s/c(=C/c3cc([N+](=O)[O-])ccc3N3CCC(C)CC3)c2=O)=N1. The van der Waals surface area contributed by atoms with Crippen LogP contribution >= 0.6 is 11.3 Å². The van der Waals surface area contributed by atoms with Gasteiger partial charge >= 0.3 is 0 Å². The van der Waals surface area contributed by atoms with Crippen LogP contribution in [0.4, 0.5) is 17.1 Å². The molecule has 9 nitrogen and oxygen atoms in total. The zero-order valence-corrected chi connectivity index (χ0v) is 27.2. The van der Waals surface area contributed by atoms with E-state index in [0.29, 0.717) is 43.7 Å².